The summed E-state index contributed by atoms with van der Waals surface area (Å²) in [6.07, 6.45) is 8.23. The monoisotopic (exact) mass is 312 g/mol. The van der Waals surface area contributed by atoms with Crippen LogP contribution in [0.25, 0.3) is 0 Å². The first kappa shape index (κ1) is 17.5. The Labute approximate surface area is 134 Å². The molecule has 1 aliphatic heterocycles. The fraction of sp³-hybridized carbons (Fsp3) is 0.941. The Morgan fingerprint density at radius 3 is 2.64 bits per heavy atom. The fourth-order valence-electron chi connectivity index (χ4n) is 3.58. The summed E-state index contributed by atoms with van der Waals surface area (Å²) in [7, 11) is 1.69. The van der Waals surface area contributed by atoms with Gasteiger partial charge < -0.3 is 19.7 Å². The Morgan fingerprint density at radius 2 is 1.95 bits per heavy atom. The van der Waals surface area contributed by atoms with Crippen LogP contribution in [0.5, 0.6) is 0 Å². The summed E-state index contributed by atoms with van der Waals surface area (Å²) < 4.78 is 10.7. The van der Waals surface area contributed by atoms with E-state index in [1.165, 1.54) is 19.3 Å². The van der Waals surface area contributed by atoms with Gasteiger partial charge in [0.15, 0.2) is 0 Å². The molecule has 0 unspecified atom stereocenters. The normalized spacial score (nSPS) is 26.9. The van der Waals surface area contributed by atoms with Gasteiger partial charge in [0.1, 0.15) is 0 Å². The van der Waals surface area contributed by atoms with Crippen LogP contribution < -0.4 is 5.32 Å². The maximum Gasteiger partial charge on any atom is 0.317 e. The van der Waals surface area contributed by atoms with Crippen molar-refractivity contribution in [2.24, 2.45) is 5.92 Å². The second kappa shape index (κ2) is 9.36. The molecule has 128 valence electrons. The Balaban J connectivity index is 1.66. The first-order chi connectivity index (χ1) is 10.7. The summed E-state index contributed by atoms with van der Waals surface area (Å²) in [6, 6.07) is 0.499. The molecule has 0 aromatic heterocycles. The van der Waals surface area contributed by atoms with Crippen LogP contribution in [-0.4, -0.2) is 56.5 Å². The van der Waals surface area contributed by atoms with E-state index in [-0.39, 0.29) is 12.1 Å². The lowest BCUT2D eigenvalue weighted by Gasteiger charge is -2.35. The number of nitrogens with one attached hydrogen (secondary N) is 1. The number of piperidine rings is 1. The van der Waals surface area contributed by atoms with Crippen LogP contribution in [0.2, 0.25) is 0 Å². The number of hydrogen-bond donors (Lipinski definition) is 1. The molecule has 0 spiro atoms. The highest BCUT2D eigenvalue weighted by atomic mass is 16.5. The summed E-state index contributed by atoms with van der Waals surface area (Å²) in [5.74, 6) is 0.791. The Hall–Kier alpha value is -0.810. The van der Waals surface area contributed by atoms with E-state index in [4.69, 9.17) is 9.47 Å². The molecule has 1 saturated heterocycles. The second-order valence-corrected chi connectivity index (χ2v) is 6.64. The molecule has 2 fully saturated rings. The molecular formula is C17H32N2O3. The van der Waals surface area contributed by atoms with Crippen LogP contribution in [0.1, 0.15) is 51.9 Å². The van der Waals surface area contributed by atoms with Gasteiger partial charge in [-0.15, -0.1) is 0 Å². The highest BCUT2D eigenvalue weighted by Crippen LogP contribution is 2.26. The van der Waals surface area contributed by atoms with Crippen molar-refractivity contribution < 1.29 is 14.3 Å². The third kappa shape index (κ3) is 5.43. The van der Waals surface area contributed by atoms with E-state index in [1.807, 2.05) is 4.90 Å². The maximum absolute atomic E-state index is 12.4. The molecule has 1 aliphatic carbocycles. The number of nitrogens with zero attached hydrogens (tertiary/aromatic N) is 1. The largest absolute Gasteiger partial charge is 0.382 e. The van der Waals surface area contributed by atoms with Gasteiger partial charge in [-0.05, 0) is 31.6 Å². The molecular weight excluding hydrogens is 280 g/mol. The molecule has 2 atom stereocenters. The van der Waals surface area contributed by atoms with Gasteiger partial charge in [0.25, 0.3) is 0 Å². The lowest BCUT2D eigenvalue weighted by molar-refractivity contribution is -0.00940. The Bertz CT molecular complexity index is 330. The number of ether oxygens (including phenoxy) is 2. The Kier molecular flexibility index (Phi) is 7.46. The van der Waals surface area contributed by atoms with Gasteiger partial charge in [0.05, 0.1) is 19.3 Å². The molecule has 2 aliphatic rings. The van der Waals surface area contributed by atoms with Gasteiger partial charge in [0, 0.05) is 26.2 Å². The van der Waals surface area contributed by atoms with Crippen molar-refractivity contribution in [2.75, 3.05) is 33.4 Å². The lowest BCUT2D eigenvalue weighted by atomic mass is 9.84. The first-order valence-electron chi connectivity index (χ1n) is 8.89. The van der Waals surface area contributed by atoms with Crippen LogP contribution in [-0.2, 0) is 9.47 Å². The van der Waals surface area contributed by atoms with Crippen molar-refractivity contribution in [2.45, 2.75) is 64.0 Å². The van der Waals surface area contributed by atoms with Crippen molar-refractivity contribution in [3.63, 3.8) is 0 Å². The molecule has 22 heavy (non-hydrogen) atoms. The third-order valence-corrected chi connectivity index (χ3v) is 5.06. The average molecular weight is 312 g/mol. The van der Waals surface area contributed by atoms with Crippen LogP contribution in [0.3, 0.4) is 0 Å². The molecule has 0 radical (unpaired) electrons. The number of methoxy groups -OCH3 is 1. The molecule has 5 nitrogen and oxygen atoms in total. The zero-order valence-corrected chi connectivity index (χ0v) is 14.2. The zero-order chi connectivity index (χ0) is 15.8. The summed E-state index contributed by atoms with van der Waals surface area (Å²) in [6.45, 7) is 5.14. The average Bonchev–Trinajstić information content (AvgIpc) is 2.56. The van der Waals surface area contributed by atoms with Gasteiger partial charge in [-0.25, -0.2) is 4.79 Å². The molecule has 1 N–H and O–H groups in total. The minimum Gasteiger partial charge on any atom is -0.382 e. The standard InChI is InChI=1S/C17H32N2O3/c1-3-14-5-4-6-15(13-14)18-17(20)19-9-7-16(8-10-19)22-12-11-21-2/h14-16H,3-13H2,1-2H3,(H,18,20)/t14-,15+/m1/s1. The van der Waals surface area contributed by atoms with Crippen LogP contribution in [0.4, 0.5) is 4.79 Å². The maximum atomic E-state index is 12.4. The van der Waals surface area contributed by atoms with Crippen LogP contribution in [0, 0.1) is 5.92 Å². The van der Waals surface area contributed by atoms with Crippen molar-refractivity contribution in [1.29, 1.82) is 0 Å². The quantitative estimate of drug-likeness (QED) is 0.767. The van der Waals surface area contributed by atoms with Gasteiger partial charge in [-0.1, -0.05) is 26.2 Å². The number of rotatable bonds is 6. The summed E-state index contributed by atoms with van der Waals surface area (Å²) in [5, 5.41) is 3.25. The minimum atomic E-state index is 0.122. The van der Waals surface area contributed by atoms with Gasteiger partial charge >= 0.3 is 6.03 Å². The topological polar surface area (TPSA) is 50.8 Å². The minimum absolute atomic E-state index is 0.122. The van der Waals surface area contributed by atoms with Gasteiger partial charge in [0.2, 0.25) is 0 Å². The first-order valence-corrected chi connectivity index (χ1v) is 8.89. The molecule has 2 rings (SSSR count). The highest BCUT2D eigenvalue weighted by molar-refractivity contribution is 5.74. The number of urea groups is 1. The summed E-state index contributed by atoms with van der Waals surface area (Å²) >= 11 is 0. The van der Waals surface area contributed by atoms with E-state index in [1.54, 1.807) is 7.11 Å². The number of carbonyl (C=O) groups is 1. The smallest absolute Gasteiger partial charge is 0.317 e. The molecule has 5 heteroatoms. The number of carbonyl (C=O) groups excluding carboxylic acids is 1. The van der Waals surface area contributed by atoms with Crippen molar-refractivity contribution in [3.8, 4) is 0 Å². The molecule has 0 bridgehead atoms. The van der Waals surface area contributed by atoms with Crippen LogP contribution >= 0.6 is 0 Å². The van der Waals surface area contributed by atoms with E-state index in [0.29, 0.717) is 19.3 Å². The van der Waals surface area contributed by atoms with Gasteiger partial charge in [-0.3, -0.25) is 0 Å². The summed E-state index contributed by atoms with van der Waals surface area (Å²) in [4.78, 5) is 14.3. The van der Waals surface area contributed by atoms with Crippen molar-refractivity contribution in [3.05, 3.63) is 0 Å². The molecule has 2 amide bonds. The Morgan fingerprint density at radius 1 is 1.18 bits per heavy atom. The van der Waals surface area contributed by atoms with E-state index in [0.717, 1.165) is 44.7 Å². The van der Waals surface area contributed by atoms with E-state index >= 15 is 0 Å². The number of hydrogen-bond acceptors (Lipinski definition) is 3. The molecule has 1 heterocycles. The molecule has 0 aromatic rings. The second-order valence-electron chi connectivity index (χ2n) is 6.64. The van der Waals surface area contributed by atoms with Crippen molar-refractivity contribution in [1.82, 2.24) is 10.2 Å². The van der Waals surface area contributed by atoms with Crippen LogP contribution in [0.15, 0.2) is 0 Å². The van der Waals surface area contributed by atoms with Gasteiger partial charge in [-0.2, -0.15) is 0 Å². The highest BCUT2D eigenvalue weighted by Gasteiger charge is 2.27. The number of amides is 2. The molecule has 0 aromatic carbocycles. The molecule has 1 saturated carbocycles. The van der Waals surface area contributed by atoms with E-state index in [2.05, 4.69) is 12.2 Å². The van der Waals surface area contributed by atoms with E-state index < -0.39 is 0 Å². The zero-order valence-electron chi connectivity index (χ0n) is 14.2. The summed E-state index contributed by atoms with van der Waals surface area (Å²) in [5.41, 5.74) is 0. The fourth-order valence-corrected chi connectivity index (χ4v) is 3.58. The lowest BCUT2D eigenvalue weighted by Crippen LogP contribution is -2.49. The SMILES string of the molecule is CC[C@@H]1CCC[C@H](NC(=O)N2CCC(OCCOC)CC2)C1. The van der Waals surface area contributed by atoms with Crippen molar-refractivity contribution >= 4 is 6.03 Å². The predicted octanol–water partition coefficient (Wildman–Crippen LogP) is 2.79. The number of likely N-dealkylation sites (tertiary alicyclic amines) is 1. The third-order valence-electron chi connectivity index (χ3n) is 5.06. The van der Waals surface area contributed by atoms with E-state index in [9.17, 15) is 4.79 Å². The predicted molar refractivity (Wildman–Crippen MR) is 87.0 cm³/mol.